The Morgan fingerprint density at radius 2 is 1.90 bits per heavy atom. The largest absolute Gasteiger partial charge is 0.353 e. The fourth-order valence-corrected chi connectivity index (χ4v) is 3.17. The summed E-state index contributed by atoms with van der Waals surface area (Å²) in [5.74, 6) is 0. The Hall–Kier alpha value is 0.870. The van der Waals surface area contributed by atoms with Crippen LogP contribution in [0, 0.1) is 6.07 Å². The Morgan fingerprint density at radius 3 is 2.29 bits per heavy atom. The van der Waals surface area contributed by atoms with E-state index >= 15 is 0 Å². The molecule has 21 heavy (non-hydrogen) atoms. The molecule has 0 fully saturated rings. The Bertz CT molecular complexity index is 500. The van der Waals surface area contributed by atoms with Crippen molar-refractivity contribution in [1.82, 2.24) is 4.31 Å². The van der Waals surface area contributed by atoms with Crippen LogP contribution in [-0.4, -0.2) is 37.9 Å². The molecule has 0 atom stereocenters. The molecule has 0 aromatic carbocycles. The minimum atomic E-state index is -4.39. The van der Waals surface area contributed by atoms with Gasteiger partial charge in [0.15, 0.2) is 10.4 Å². The summed E-state index contributed by atoms with van der Waals surface area (Å²) >= 11 is 23.4. The number of nitrogens with zero attached hydrogens (tertiary/aromatic N) is 2. The number of hydrogen-bond donors (Lipinski definition) is 1. The monoisotopic (exact) mass is 417 g/mol. The summed E-state index contributed by atoms with van der Waals surface area (Å²) < 4.78 is 35.3. The summed E-state index contributed by atoms with van der Waals surface area (Å²) in [6.45, 7) is 5.10. The number of hydrogen-bond acceptors (Lipinski definition) is 3. The third-order valence-electron chi connectivity index (χ3n) is 2.36. The number of rotatable bonds is 7. The molecule has 0 spiro atoms. The molecule has 1 N–H and O–H groups in total. The molecule has 0 aromatic heterocycles. The van der Waals surface area contributed by atoms with Gasteiger partial charge in [0.05, 0.1) is 0 Å². The zero-order valence-corrected chi connectivity index (χ0v) is 16.3. The van der Waals surface area contributed by atoms with Crippen LogP contribution >= 0.6 is 58.4 Å². The van der Waals surface area contributed by atoms with Crippen molar-refractivity contribution in [3.05, 3.63) is 4.25 Å². The van der Waals surface area contributed by atoms with Gasteiger partial charge in [0.1, 0.15) is 0 Å². The molecular formula is C10H17Cl4N2O3S2+. The number of alkyl halides is 4. The van der Waals surface area contributed by atoms with Gasteiger partial charge in [0.2, 0.25) is 0 Å². The van der Waals surface area contributed by atoms with Crippen LogP contribution in [0.5, 0.6) is 0 Å². The lowest BCUT2D eigenvalue weighted by Gasteiger charge is -2.26. The molecule has 0 saturated heterocycles. The molecule has 11 heteroatoms. The molecule has 5 nitrogen and oxygen atoms in total. The minimum Gasteiger partial charge on any atom is -0.273 e. The van der Waals surface area contributed by atoms with Gasteiger partial charge in [-0.2, -0.15) is 12.7 Å². The molecule has 0 amide bonds. The molecular weight excluding hydrogens is 402 g/mol. The van der Waals surface area contributed by atoms with E-state index in [-0.39, 0.29) is 6.54 Å². The number of unbranched alkanes of at least 4 members (excludes halogenated alkanes) is 1. The van der Waals surface area contributed by atoms with E-state index in [9.17, 15) is 13.0 Å². The van der Waals surface area contributed by atoms with Crippen LogP contribution in [0.3, 0.4) is 0 Å². The van der Waals surface area contributed by atoms with Gasteiger partial charge in [-0.3, -0.25) is 4.55 Å². The Kier molecular flexibility index (Phi) is 9.00. The van der Waals surface area contributed by atoms with Crippen LogP contribution in [0.4, 0.5) is 0 Å². The van der Waals surface area contributed by atoms with Gasteiger partial charge in [-0.1, -0.05) is 36.5 Å². The Morgan fingerprint density at radius 1 is 1.38 bits per heavy atom. The molecule has 0 saturated carbocycles. The van der Waals surface area contributed by atoms with E-state index in [0.717, 1.165) is 10.7 Å². The molecule has 0 rings (SSSR count). The molecule has 0 aliphatic carbocycles. The molecule has 0 radical (unpaired) electrons. The van der Waals surface area contributed by atoms with Crippen molar-refractivity contribution >= 4 is 68.7 Å². The normalized spacial score (nSPS) is 13.4. The van der Waals surface area contributed by atoms with Crippen molar-refractivity contribution < 1.29 is 13.0 Å². The van der Waals surface area contributed by atoms with Gasteiger partial charge in [-0.15, -0.1) is 23.2 Å². The fourth-order valence-electron chi connectivity index (χ4n) is 1.28. The quantitative estimate of drug-likeness (QED) is 0.373. The van der Waals surface area contributed by atoms with E-state index in [1.807, 2.05) is 6.92 Å². The lowest BCUT2D eigenvalue weighted by molar-refractivity contribution is 0.257. The van der Waals surface area contributed by atoms with Gasteiger partial charge in [0.25, 0.3) is 3.67 Å². The van der Waals surface area contributed by atoms with Crippen LogP contribution in [-0.2, 0) is 10.3 Å². The topological polar surface area (TPSA) is 62.0 Å². The van der Waals surface area contributed by atoms with Crippen LogP contribution in [0.15, 0.2) is 0 Å². The zero-order valence-electron chi connectivity index (χ0n) is 11.7. The average Bonchev–Trinajstić information content (AvgIpc) is 2.26. The second kappa shape index (κ2) is 8.65. The third-order valence-corrected chi connectivity index (χ3v) is 6.43. The molecule has 124 valence electrons. The van der Waals surface area contributed by atoms with Crippen molar-refractivity contribution in [1.29, 1.82) is 0 Å². The summed E-state index contributed by atoms with van der Waals surface area (Å²) in [5, 5.41) is 0. The maximum atomic E-state index is 11.5. The zero-order chi connectivity index (χ0) is 16.9. The lowest BCUT2D eigenvalue weighted by Crippen LogP contribution is -2.46. The van der Waals surface area contributed by atoms with Crippen molar-refractivity contribution in [3.8, 4) is 6.07 Å². The summed E-state index contributed by atoms with van der Waals surface area (Å²) in [4.78, 5) is -1.10. The second-order valence-electron chi connectivity index (χ2n) is 4.62. The van der Waals surface area contributed by atoms with E-state index in [4.69, 9.17) is 46.4 Å². The van der Waals surface area contributed by atoms with Gasteiger partial charge in [-0.05, 0) is 20.3 Å². The van der Waals surface area contributed by atoms with E-state index < -0.39 is 24.3 Å². The van der Waals surface area contributed by atoms with Gasteiger partial charge in [0, 0.05) is 10.8 Å². The number of halogens is 4. The van der Waals surface area contributed by atoms with E-state index in [1.54, 1.807) is 0 Å². The minimum absolute atomic E-state index is 0.135. The Labute approximate surface area is 150 Å². The van der Waals surface area contributed by atoms with E-state index in [1.165, 1.54) is 13.8 Å². The predicted octanol–water partition coefficient (Wildman–Crippen LogP) is 4.59. The summed E-state index contributed by atoms with van der Waals surface area (Å²) in [7, 11) is -4.39. The molecule has 0 bridgehead atoms. The highest BCUT2D eigenvalue weighted by atomic mass is 35.5. The Balaban J connectivity index is 5.17. The third kappa shape index (κ3) is 7.80. The van der Waals surface area contributed by atoms with Crippen LogP contribution in [0.1, 0.15) is 33.6 Å². The van der Waals surface area contributed by atoms with Gasteiger partial charge < -0.3 is 0 Å². The van der Waals surface area contributed by atoms with E-state index in [0.29, 0.717) is 18.4 Å². The molecule has 0 aromatic rings. The maximum absolute atomic E-state index is 11.5. The molecule has 0 unspecified atom stereocenters. The highest BCUT2D eigenvalue weighted by Crippen LogP contribution is 2.43. The fraction of sp³-hybridized carbons (Fsp3) is 0.900. The second-order valence-corrected chi connectivity index (χ2v) is 9.90. The van der Waals surface area contributed by atoms with Crippen molar-refractivity contribution in [2.75, 3.05) is 6.54 Å². The average molecular weight is 419 g/mol. The van der Waals surface area contributed by atoms with E-state index in [2.05, 4.69) is 10.3 Å². The van der Waals surface area contributed by atoms with Gasteiger partial charge >= 0.3 is 28.3 Å². The van der Waals surface area contributed by atoms with Crippen molar-refractivity contribution in [3.63, 3.8) is 0 Å². The summed E-state index contributed by atoms with van der Waals surface area (Å²) in [6, 6.07) is 2.57. The predicted molar refractivity (Wildman–Crippen MR) is 92.0 cm³/mol. The van der Waals surface area contributed by atoms with Crippen LogP contribution in [0.2, 0.25) is 0 Å². The summed E-state index contributed by atoms with van der Waals surface area (Å²) in [6.07, 6.45) is 1.35. The lowest BCUT2D eigenvalue weighted by atomic mass is 10.1. The van der Waals surface area contributed by atoms with Crippen molar-refractivity contribution in [2.45, 2.75) is 47.7 Å². The first kappa shape index (κ1) is 21.9. The molecule has 0 heterocycles. The smallest absolute Gasteiger partial charge is 0.273 e. The first-order valence-corrected chi connectivity index (χ1v) is 9.71. The van der Waals surface area contributed by atoms with Crippen LogP contribution in [0.25, 0.3) is 4.25 Å². The maximum Gasteiger partial charge on any atom is 0.353 e. The molecule has 0 aliphatic heterocycles. The first-order valence-electron chi connectivity index (χ1n) is 5.91. The molecule has 0 aliphatic rings. The first-order chi connectivity index (χ1) is 9.34. The highest BCUT2D eigenvalue weighted by Gasteiger charge is 2.43. The summed E-state index contributed by atoms with van der Waals surface area (Å²) in [5.41, 5.74) is -1.19. The SMILES string of the molecule is CCCCN(C(C)(C)C#[N+]SC(Cl)(Cl)C(Cl)Cl)S(=O)(=O)O. The van der Waals surface area contributed by atoms with Crippen LogP contribution < -0.4 is 0 Å². The van der Waals surface area contributed by atoms with Crippen molar-refractivity contribution in [2.24, 2.45) is 0 Å². The standard InChI is InChI=1S/C10H16Cl4N2O3S2/c1-4-5-6-16(21(17,18)19)9(2,3)7-15-20-10(13,14)8(11)12/h8H,4-6H2,1-3H3/p+1. The highest BCUT2D eigenvalue weighted by molar-refractivity contribution is 8.05. The van der Waals surface area contributed by atoms with Gasteiger partial charge in [-0.25, -0.2) is 0 Å².